The van der Waals surface area contributed by atoms with E-state index in [2.05, 4.69) is 5.32 Å². The molecular formula is C16H13FN2O2. The van der Waals surface area contributed by atoms with Crippen molar-refractivity contribution in [3.05, 3.63) is 59.4 Å². The molecule has 0 unspecified atom stereocenters. The second-order valence-corrected chi connectivity index (χ2v) is 4.19. The summed E-state index contributed by atoms with van der Waals surface area (Å²) in [6.45, 7) is 2.41. The molecule has 0 radical (unpaired) electrons. The summed E-state index contributed by atoms with van der Waals surface area (Å²) in [4.78, 5) is 12.1. The predicted octanol–water partition coefficient (Wildman–Crippen LogP) is 3.35. The van der Waals surface area contributed by atoms with Gasteiger partial charge in [-0.05, 0) is 43.3 Å². The molecular weight excluding hydrogens is 271 g/mol. The van der Waals surface area contributed by atoms with Crippen LogP contribution in [0.25, 0.3) is 0 Å². The van der Waals surface area contributed by atoms with Crippen molar-refractivity contribution in [1.29, 1.82) is 5.26 Å². The van der Waals surface area contributed by atoms with Gasteiger partial charge in [-0.1, -0.05) is 6.07 Å². The van der Waals surface area contributed by atoms with Crippen LogP contribution >= 0.6 is 0 Å². The van der Waals surface area contributed by atoms with Gasteiger partial charge in [0, 0.05) is 5.56 Å². The van der Waals surface area contributed by atoms with Crippen molar-refractivity contribution in [2.24, 2.45) is 0 Å². The monoisotopic (exact) mass is 284 g/mol. The summed E-state index contributed by atoms with van der Waals surface area (Å²) in [5, 5.41) is 11.4. The summed E-state index contributed by atoms with van der Waals surface area (Å²) < 4.78 is 18.7. The fourth-order valence-corrected chi connectivity index (χ4v) is 1.81. The van der Waals surface area contributed by atoms with Crippen LogP contribution < -0.4 is 10.1 Å². The fourth-order valence-electron chi connectivity index (χ4n) is 1.81. The lowest BCUT2D eigenvalue weighted by Crippen LogP contribution is -2.13. The first-order valence-corrected chi connectivity index (χ1v) is 6.38. The zero-order valence-corrected chi connectivity index (χ0v) is 11.4. The van der Waals surface area contributed by atoms with Crippen molar-refractivity contribution in [2.45, 2.75) is 6.92 Å². The van der Waals surface area contributed by atoms with E-state index in [1.165, 1.54) is 18.2 Å². The molecule has 0 aliphatic carbocycles. The van der Waals surface area contributed by atoms with Crippen LogP contribution in [-0.4, -0.2) is 12.5 Å². The zero-order chi connectivity index (χ0) is 15.2. The Morgan fingerprint density at radius 1 is 1.29 bits per heavy atom. The standard InChI is InChI=1S/C16H13FN2O2/c1-2-21-12-8-6-11(7-9-12)16(20)19-15-5-3-4-14(17)13(15)10-18/h3-9H,2H2,1H3,(H,19,20). The van der Waals surface area contributed by atoms with Crippen LogP contribution in [0.2, 0.25) is 0 Å². The lowest BCUT2D eigenvalue weighted by molar-refractivity contribution is 0.102. The Hall–Kier alpha value is -2.87. The van der Waals surface area contributed by atoms with Crippen LogP contribution in [0.3, 0.4) is 0 Å². The van der Waals surface area contributed by atoms with Gasteiger partial charge in [0.25, 0.3) is 5.91 Å². The summed E-state index contributed by atoms with van der Waals surface area (Å²) in [5.41, 5.74) is 0.361. The molecule has 106 valence electrons. The maximum Gasteiger partial charge on any atom is 0.255 e. The van der Waals surface area contributed by atoms with E-state index in [1.54, 1.807) is 30.3 Å². The molecule has 1 N–H and O–H groups in total. The van der Waals surface area contributed by atoms with Gasteiger partial charge in [0.2, 0.25) is 0 Å². The summed E-state index contributed by atoms with van der Waals surface area (Å²) in [7, 11) is 0. The van der Waals surface area contributed by atoms with Gasteiger partial charge < -0.3 is 10.1 Å². The van der Waals surface area contributed by atoms with Crippen molar-refractivity contribution in [2.75, 3.05) is 11.9 Å². The highest BCUT2D eigenvalue weighted by Gasteiger charge is 2.12. The lowest BCUT2D eigenvalue weighted by atomic mass is 10.1. The Balaban J connectivity index is 2.19. The number of carbonyl (C=O) groups excluding carboxylic acids is 1. The summed E-state index contributed by atoms with van der Waals surface area (Å²) in [5.74, 6) is -0.417. The Morgan fingerprint density at radius 2 is 2.00 bits per heavy atom. The number of halogens is 1. The van der Waals surface area contributed by atoms with Gasteiger partial charge in [-0.25, -0.2) is 4.39 Å². The largest absolute Gasteiger partial charge is 0.494 e. The maximum absolute atomic E-state index is 13.5. The molecule has 2 aromatic carbocycles. The molecule has 0 bridgehead atoms. The Kier molecular flexibility index (Phi) is 4.52. The van der Waals surface area contributed by atoms with E-state index in [4.69, 9.17) is 10.00 Å². The molecule has 0 heterocycles. The number of hydrogen-bond acceptors (Lipinski definition) is 3. The van der Waals surface area contributed by atoms with Crippen molar-refractivity contribution in [3.8, 4) is 11.8 Å². The number of nitrogens with zero attached hydrogens (tertiary/aromatic N) is 1. The van der Waals surface area contributed by atoms with E-state index in [9.17, 15) is 9.18 Å². The van der Waals surface area contributed by atoms with Crippen molar-refractivity contribution in [3.63, 3.8) is 0 Å². The highest BCUT2D eigenvalue weighted by atomic mass is 19.1. The van der Waals surface area contributed by atoms with Gasteiger partial charge in [-0.2, -0.15) is 5.26 Å². The SMILES string of the molecule is CCOc1ccc(C(=O)Nc2cccc(F)c2C#N)cc1. The predicted molar refractivity (Wildman–Crippen MR) is 76.7 cm³/mol. The number of amides is 1. The molecule has 1 amide bonds. The molecule has 0 atom stereocenters. The third-order valence-corrected chi connectivity index (χ3v) is 2.80. The van der Waals surface area contributed by atoms with Gasteiger partial charge in [-0.15, -0.1) is 0 Å². The van der Waals surface area contributed by atoms with E-state index in [-0.39, 0.29) is 11.3 Å². The van der Waals surface area contributed by atoms with Crippen molar-refractivity contribution in [1.82, 2.24) is 0 Å². The first-order chi connectivity index (χ1) is 10.2. The summed E-state index contributed by atoms with van der Waals surface area (Å²) >= 11 is 0. The third kappa shape index (κ3) is 3.37. The molecule has 21 heavy (non-hydrogen) atoms. The first kappa shape index (κ1) is 14.5. The number of ether oxygens (including phenoxy) is 1. The number of nitrogens with one attached hydrogen (secondary N) is 1. The molecule has 2 rings (SSSR count). The van der Waals surface area contributed by atoms with Crippen LogP contribution in [0.1, 0.15) is 22.8 Å². The molecule has 4 nitrogen and oxygen atoms in total. The van der Waals surface area contributed by atoms with Crippen LogP contribution in [0.15, 0.2) is 42.5 Å². The number of carbonyl (C=O) groups is 1. The number of benzene rings is 2. The van der Waals surface area contributed by atoms with Crippen LogP contribution in [0, 0.1) is 17.1 Å². The molecule has 0 aromatic heterocycles. The van der Waals surface area contributed by atoms with E-state index in [0.29, 0.717) is 17.9 Å². The average molecular weight is 284 g/mol. The molecule has 0 aliphatic heterocycles. The van der Waals surface area contributed by atoms with Crippen molar-refractivity contribution < 1.29 is 13.9 Å². The second kappa shape index (κ2) is 6.53. The molecule has 0 saturated carbocycles. The molecule has 0 spiro atoms. The molecule has 5 heteroatoms. The van der Waals surface area contributed by atoms with Crippen LogP contribution in [0.5, 0.6) is 5.75 Å². The van der Waals surface area contributed by atoms with Gasteiger partial charge in [0.1, 0.15) is 23.2 Å². The number of anilines is 1. The average Bonchev–Trinajstić information content (AvgIpc) is 2.48. The van der Waals surface area contributed by atoms with E-state index >= 15 is 0 Å². The zero-order valence-electron chi connectivity index (χ0n) is 11.4. The van der Waals surface area contributed by atoms with Crippen LogP contribution in [0.4, 0.5) is 10.1 Å². The van der Waals surface area contributed by atoms with Gasteiger partial charge >= 0.3 is 0 Å². The van der Waals surface area contributed by atoms with E-state index in [1.807, 2.05) is 6.92 Å². The lowest BCUT2D eigenvalue weighted by Gasteiger charge is -2.08. The van der Waals surface area contributed by atoms with Gasteiger partial charge in [-0.3, -0.25) is 4.79 Å². The van der Waals surface area contributed by atoms with E-state index in [0.717, 1.165) is 0 Å². The van der Waals surface area contributed by atoms with Gasteiger partial charge in [0.05, 0.1) is 12.3 Å². The molecule has 0 aliphatic rings. The highest BCUT2D eigenvalue weighted by molar-refractivity contribution is 6.04. The number of hydrogen-bond donors (Lipinski definition) is 1. The van der Waals surface area contributed by atoms with E-state index < -0.39 is 11.7 Å². The number of rotatable bonds is 4. The minimum Gasteiger partial charge on any atom is -0.494 e. The maximum atomic E-state index is 13.5. The Labute approximate surface area is 121 Å². The van der Waals surface area contributed by atoms with Crippen LogP contribution in [-0.2, 0) is 0 Å². The van der Waals surface area contributed by atoms with Gasteiger partial charge in [0.15, 0.2) is 0 Å². The Morgan fingerprint density at radius 3 is 2.62 bits per heavy atom. The second-order valence-electron chi connectivity index (χ2n) is 4.19. The van der Waals surface area contributed by atoms with Crippen molar-refractivity contribution >= 4 is 11.6 Å². The third-order valence-electron chi connectivity index (χ3n) is 2.80. The molecule has 0 fully saturated rings. The first-order valence-electron chi connectivity index (χ1n) is 6.38. The quantitative estimate of drug-likeness (QED) is 0.936. The molecule has 2 aromatic rings. The fraction of sp³-hybridized carbons (Fsp3) is 0.125. The minimum atomic E-state index is -0.665. The topological polar surface area (TPSA) is 62.1 Å². The Bertz CT molecular complexity index is 690. The number of nitriles is 1. The summed E-state index contributed by atoms with van der Waals surface area (Å²) in [6, 6.07) is 12.4. The normalized spacial score (nSPS) is 9.76. The smallest absolute Gasteiger partial charge is 0.255 e. The molecule has 0 saturated heterocycles. The summed E-state index contributed by atoms with van der Waals surface area (Å²) in [6.07, 6.45) is 0. The highest BCUT2D eigenvalue weighted by Crippen LogP contribution is 2.19. The minimum absolute atomic E-state index is 0.149.